The largest absolute Gasteiger partial charge is 0.389 e. The molecule has 2 N–H and O–H groups in total. The molecule has 0 bridgehead atoms. The van der Waals surface area contributed by atoms with Crippen molar-refractivity contribution in [2.24, 2.45) is 0 Å². The summed E-state index contributed by atoms with van der Waals surface area (Å²) in [4.78, 5) is 0.0499. The van der Waals surface area contributed by atoms with Gasteiger partial charge in [0.25, 0.3) is 0 Å². The number of rotatable bonds is 4. The summed E-state index contributed by atoms with van der Waals surface area (Å²) >= 11 is 0. The molecule has 0 aliphatic rings. The molecule has 0 saturated heterocycles. The average molecular weight is 296 g/mol. The van der Waals surface area contributed by atoms with Crippen molar-refractivity contribution >= 4 is 10.0 Å². The van der Waals surface area contributed by atoms with Crippen LogP contribution in [0, 0.1) is 18.3 Å². The van der Waals surface area contributed by atoms with Gasteiger partial charge < -0.3 is 5.11 Å². The molecule has 0 saturated carbocycles. The first-order valence-electron chi connectivity index (χ1n) is 6.18. The molecule has 0 atom stereocenters. The number of nitrogens with one attached hydrogen (secondary N) is 1. The van der Waals surface area contributed by atoms with E-state index in [2.05, 4.69) is 4.72 Å². The normalized spacial score (nSPS) is 13.1. The summed E-state index contributed by atoms with van der Waals surface area (Å²) < 4.78 is 27.4. The van der Waals surface area contributed by atoms with Gasteiger partial charge >= 0.3 is 0 Å². The zero-order valence-corrected chi connectivity index (χ0v) is 13.2. The number of aryl methyl sites for hydroxylation is 1. The van der Waals surface area contributed by atoms with Crippen molar-refractivity contribution in [2.45, 2.75) is 50.7 Å². The van der Waals surface area contributed by atoms with E-state index in [0.717, 1.165) is 0 Å². The second-order valence-electron chi connectivity index (χ2n) is 5.88. The maximum absolute atomic E-state index is 12.5. The molecule has 1 aromatic rings. The van der Waals surface area contributed by atoms with E-state index in [-0.39, 0.29) is 10.5 Å². The van der Waals surface area contributed by atoms with Crippen molar-refractivity contribution in [1.29, 1.82) is 5.26 Å². The molecule has 0 heterocycles. The van der Waals surface area contributed by atoms with Gasteiger partial charge in [0, 0.05) is 0 Å². The van der Waals surface area contributed by atoms with Crippen LogP contribution in [-0.2, 0) is 10.0 Å². The summed E-state index contributed by atoms with van der Waals surface area (Å²) in [6.07, 6.45) is 0. The molecule has 0 amide bonds. The van der Waals surface area contributed by atoms with Crippen LogP contribution in [0.15, 0.2) is 23.1 Å². The monoisotopic (exact) mass is 296 g/mol. The molecule has 0 aliphatic carbocycles. The zero-order chi connectivity index (χ0) is 15.8. The van der Waals surface area contributed by atoms with E-state index in [1.807, 2.05) is 6.07 Å². The molecule has 20 heavy (non-hydrogen) atoms. The molecule has 6 heteroatoms. The van der Waals surface area contributed by atoms with E-state index in [0.29, 0.717) is 5.56 Å². The van der Waals surface area contributed by atoms with Gasteiger partial charge in [-0.1, -0.05) is 6.07 Å². The van der Waals surface area contributed by atoms with Gasteiger partial charge in [0.05, 0.1) is 27.7 Å². The lowest BCUT2D eigenvalue weighted by molar-refractivity contribution is 0.00638. The lowest BCUT2D eigenvalue weighted by atomic mass is 9.87. The first kappa shape index (κ1) is 16.6. The Kier molecular flexibility index (Phi) is 4.30. The third-order valence-corrected chi connectivity index (χ3v) is 5.32. The number of benzene rings is 1. The minimum atomic E-state index is -3.83. The van der Waals surface area contributed by atoms with Crippen LogP contribution in [0.25, 0.3) is 0 Å². The minimum Gasteiger partial charge on any atom is -0.389 e. The fraction of sp³-hybridized carbons (Fsp3) is 0.500. The summed E-state index contributed by atoms with van der Waals surface area (Å²) in [6.45, 7) is 7.94. The highest BCUT2D eigenvalue weighted by molar-refractivity contribution is 7.89. The van der Waals surface area contributed by atoms with Crippen LogP contribution in [0.1, 0.15) is 38.8 Å². The van der Waals surface area contributed by atoms with Crippen LogP contribution in [0.5, 0.6) is 0 Å². The molecule has 1 rings (SSSR count). The number of sulfonamides is 1. The van der Waals surface area contributed by atoms with E-state index < -0.39 is 21.2 Å². The first-order valence-corrected chi connectivity index (χ1v) is 7.66. The number of hydrogen-bond donors (Lipinski definition) is 2. The van der Waals surface area contributed by atoms with Crippen molar-refractivity contribution in [3.63, 3.8) is 0 Å². The molecule has 0 unspecified atom stereocenters. The highest BCUT2D eigenvalue weighted by Crippen LogP contribution is 2.25. The quantitative estimate of drug-likeness (QED) is 0.884. The van der Waals surface area contributed by atoms with E-state index >= 15 is 0 Å². The van der Waals surface area contributed by atoms with Gasteiger partial charge in [-0.25, -0.2) is 13.1 Å². The Morgan fingerprint density at radius 1 is 1.25 bits per heavy atom. The van der Waals surface area contributed by atoms with Crippen molar-refractivity contribution in [3.8, 4) is 6.07 Å². The van der Waals surface area contributed by atoms with Crippen LogP contribution >= 0.6 is 0 Å². The molecular weight excluding hydrogens is 276 g/mol. The first-order chi connectivity index (χ1) is 8.90. The number of aliphatic hydroxyl groups is 1. The molecule has 5 nitrogen and oxygen atoms in total. The Labute approximate surface area is 120 Å². The maximum atomic E-state index is 12.5. The van der Waals surface area contributed by atoms with Gasteiger partial charge in [-0.3, -0.25) is 0 Å². The van der Waals surface area contributed by atoms with Gasteiger partial charge in [0.15, 0.2) is 0 Å². The van der Waals surface area contributed by atoms with Crippen LogP contribution < -0.4 is 4.72 Å². The Morgan fingerprint density at radius 3 is 2.25 bits per heavy atom. The molecule has 110 valence electrons. The van der Waals surface area contributed by atoms with Gasteiger partial charge in [0.2, 0.25) is 10.0 Å². The molecule has 1 aromatic carbocycles. The van der Waals surface area contributed by atoms with Gasteiger partial charge in [0.1, 0.15) is 0 Å². The van der Waals surface area contributed by atoms with Crippen molar-refractivity contribution in [3.05, 3.63) is 29.3 Å². The summed E-state index contributed by atoms with van der Waals surface area (Å²) in [7, 11) is -3.83. The van der Waals surface area contributed by atoms with Crippen LogP contribution in [0.2, 0.25) is 0 Å². The Balaban J connectivity index is 3.30. The smallest absolute Gasteiger partial charge is 0.241 e. The maximum Gasteiger partial charge on any atom is 0.241 e. The Morgan fingerprint density at radius 2 is 1.80 bits per heavy atom. The minimum absolute atomic E-state index is 0.0499. The molecular formula is C14H20N2O3S. The van der Waals surface area contributed by atoms with Gasteiger partial charge in [-0.15, -0.1) is 0 Å². The molecule has 0 radical (unpaired) electrons. The van der Waals surface area contributed by atoms with E-state index in [9.17, 15) is 13.5 Å². The lowest BCUT2D eigenvalue weighted by Gasteiger charge is -2.37. The van der Waals surface area contributed by atoms with Crippen molar-refractivity contribution < 1.29 is 13.5 Å². The number of nitrogens with zero attached hydrogens (tertiary/aromatic N) is 1. The molecule has 0 aliphatic heterocycles. The Hall–Kier alpha value is -1.42. The summed E-state index contributed by atoms with van der Waals surface area (Å²) in [5.74, 6) is 0. The van der Waals surface area contributed by atoms with E-state index in [1.165, 1.54) is 19.9 Å². The van der Waals surface area contributed by atoms with Crippen LogP contribution in [-0.4, -0.2) is 24.7 Å². The standard InChI is InChI=1S/C14H20N2O3S/c1-10-6-7-11(9-15)8-12(10)20(18,19)16-13(2,3)14(4,5)17/h6-8,16-17H,1-5H3. The van der Waals surface area contributed by atoms with E-state index in [1.54, 1.807) is 32.9 Å². The molecule has 0 spiro atoms. The summed E-state index contributed by atoms with van der Waals surface area (Å²) in [5, 5.41) is 18.9. The fourth-order valence-electron chi connectivity index (χ4n) is 1.47. The van der Waals surface area contributed by atoms with Crippen LogP contribution in [0.4, 0.5) is 0 Å². The summed E-state index contributed by atoms with van der Waals surface area (Å²) in [6, 6.07) is 6.40. The second-order valence-corrected chi connectivity index (χ2v) is 7.53. The summed E-state index contributed by atoms with van der Waals surface area (Å²) in [5.41, 5.74) is -1.47. The van der Waals surface area contributed by atoms with Crippen LogP contribution in [0.3, 0.4) is 0 Å². The fourth-order valence-corrected chi connectivity index (χ4v) is 3.28. The SMILES string of the molecule is Cc1ccc(C#N)cc1S(=O)(=O)NC(C)(C)C(C)(C)O. The zero-order valence-electron chi connectivity index (χ0n) is 12.4. The number of nitriles is 1. The third-order valence-electron chi connectivity index (χ3n) is 3.53. The highest BCUT2D eigenvalue weighted by Gasteiger charge is 2.39. The Bertz CT molecular complexity index is 650. The van der Waals surface area contributed by atoms with Gasteiger partial charge in [-0.05, 0) is 52.3 Å². The molecule has 0 aromatic heterocycles. The predicted octanol–water partition coefficient (Wildman–Crippen LogP) is 1.69. The third kappa shape index (κ3) is 3.37. The van der Waals surface area contributed by atoms with Gasteiger partial charge in [-0.2, -0.15) is 5.26 Å². The second kappa shape index (κ2) is 5.17. The van der Waals surface area contributed by atoms with Crippen molar-refractivity contribution in [2.75, 3.05) is 0 Å². The van der Waals surface area contributed by atoms with Crippen molar-refractivity contribution in [1.82, 2.24) is 4.72 Å². The molecule has 0 fully saturated rings. The topological polar surface area (TPSA) is 90.2 Å². The highest BCUT2D eigenvalue weighted by atomic mass is 32.2. The predicted molar refractivity (Wildman–Crippen MR) is 76.6 cm³/mol. The lowest BCUT2D eigenvalue weighted by Crippen LogP contribution is -2.57. The average Bonchev–Trinajstić information content (AvgIpc) is 2.26. The van der Waals surface area contributed by atoms with E-state index in [4.69, 9.17) is 5.26 Å². The number of hydrogen-bond acceptors (Lipinski definition) is 4.